The number of anilines is 2. The van der Waals surface area contributed by atoms with Gasteiger partial charge in [-0.3, -0.25) is 13.9 Å². The van der Waals surface area contributed by atoms with E-state index in [9.17, 15) is 26.4 Å². The van der Waals surface area contributed by atoms with Crippen molar-refractivity contribution in [1.29, 1.82) is 0 Å². The molecular weight excluding hydrogens is 456 g/mol. The fourth-order valence-corrected chi connectivity index (χ4v) is 4.90. The average molecular weight is 481 g/mol. The number of carbonyl (C=O) groups excluding carboxylic acids is 2. The van der Waals surface area contributed by atoms with Gasteiger partial charge >= 0.3 is 11.8 Å². The van der Waals surface area contributed by atoms with E-state index in [0.717, 1.165) is 23.8 Å². The highest BCUT2D eigenvalue weighted by Crippen LogP contribution is 2.31. The number of amides is 2. The van der Waals surface area contributed by atoms with Gasteiger partial charge in [0.1, 0.15) is 0 Å². The monoisotopic (exact) mass is 480 g/mol. The molecule has 4 N–H and O–H groups in total. The van der Waals surface area contributed by atoms with E-state index in [4.69, 9.17) is 5.14 Å². The molecular formula is C20H24N4O6S2. The Kier molecular flexibility index (Phi) is 6.86. The lowest BCUT2D eigenvalue weighted by Crippen LogP contribution is -2.37. The summed E-state index contributed by atoms with van der Waals surface area (Å²) in [5.74, 6) is -1.72. The first-order valence-electron chi connectivity index (χ1n) is 9.77. The first-order valence-corrected chi connectivity index (χ1v) is 13.2. The van der Waals surface area contributed by atoms with Crippen LogP contribution in [0.25, 0.3) is 0 Å². The van der Waals surface area contributed by atoms with E-state index in [1.165, 1.54) is 16.4 Å². The molecule has 1 aliphatic rings. The number of nitrogens with zero attached hydrogens (tertiary/aromatic N) is 1. The van der Waals surface area contributed by atoms with Crippen LogP contribution in [-0.4, -0.2) is 48.0 Å². The van der Waals surface area contributed by atoms with Crippen molar-refractivity contribution in [3.8, 4) is 0 Å². The third-order valence-corrected chi connectivity index (χ3v) is 7.09. The summed E-state index contributed by atoms with van der Waals surface area (Å²) in [6.45, 7) is 0.523. The van der Waals surface area contributed by atoms with Gasteiger partial charge in [-0.15, -0.1) is 0 Å². The highest BCUT2D eigenvalue weighted by molar-refractivity contribution is 7.92. The van der Waals surface area contributed by atoms with Crippen LogP contribution in [0.2, 0.25) is 0 Å². The van der Waals surface area contributed by atoms with Crippen molar-refractivity contribution in [2.75, 3.05) is 29.0 Å². The molecule has 0 fully saturated rings. The molecule has 2 aromatic rings. The summed E-state index contributed by atoms with van der Waals surface area (Å²) >= 11 is 0. The van der Waals surface area contributed by atoms with E-state index < -0.39 is 31.9 Å². The van der Waals surface area contributed by atoms with Gasteiger partial charge < -0.3 is 10.6 Å². The van der Waals surface area contributed by atoms with Gasteiger partial charge in [-0.25, -0.2) is 22.0 Å². The summed E-state index contributed by atoms with van der Waals surface area (Å²) in [6, 6.07) is 10.8. The van der Waals surface area contributed by atoms with Crippen LogP contribution >= 0.6 is 0 Å². The van der Waals surface area contributed by atoms with Crippen molar-refractivity contribution in [1.82, 2.24) is 5.32 Å². The predicted molar refractivity (Wildman–Crippen MR) is 120 cm³/mol. The third kappa shape index (κ3) is 5.84. The maximum absolute atomic E-state index is 12.2. The van der Waals surface area contributed by atoms with Gasteiger partial charge in [-0.05, 0) is 54.7 Å². The second kappa shape index (κ2) is 9.27. The van der Waals surface area contributed by atoms with Crippen LogP contribution in [0.3, 0.4) is 0 Å². The Morgan fingerprint density at radius 1 is 1.03 bits per heavy atom. The first-order chi connectivity index (χ1) is 14.9. The Bertz CT molecular complexity index is 1240. The lowest BCUT2D eigenvalue weighted by molar-refractivity contribution is -0.136. The number of fused-ring (bicyclic) bond motifs is 1. The molecule has 172 valence electrons. The second-order valence-corrected chi connectivity index (χ2v) is 10.9. The summed E-state index contributed by atoms with van der Waals surface area (Å²) < 4.78 is 47.9. The molecule has 2 amide bonds. The number of sulfonamides is 2. The maximum atomic E-state index is 12.2. The minimum absolute atomic E-state index is 0.0100. The quantitative estimate of drug-likeness (QED) is 0.506. The Morgan fingerprint density at radius 2 is 1.72 bits per heavy atom. The fourth-order valence-electron chi connectivity index (χ4n) is 3.40. The number of benzene rings is 2. The van der Waals surface area contributed by atoms with E-state index in [0.29, 0.717) is 30.8 Å². The van der Waals surface area contributed by atoms with Crippen LogP contribution in [0, 0.1) is 0 Å². The van der Waals surface area contributed by atoms with Crippen LogP contribution in [0.5, 0.6) is 0 Å². The average Bonchev–Trinajstić information content (AvgIpc) is 2.72. The van der Waals surface area contributed by atoms with Crippen molar-refractivity contribution in [2.45, 2.75) is 24.2 Å². The molecule has 0 spiro atoms. The number of nitrogens with one attached hydrogen (secondary N) is 2. The van der Waals surface area contributed by atoms with Gasteiger partial charge in [0.15, 0.2) is 0 Å². The van der Waals surface area contributed by atoms with Gasteiger partial charge in [0.05, 0.1) is 16.8 Å². The highest BCUT2D eigenvalue weighted by atomic mass is 32.2. The predicted octanol–water partition coefficient (Wildman–Crippen LogP) is 0.344. The van der Waals surface area contributed by atoms with Crippen LogP contribution in [0.15, 0.2) is 47.4 Å². The molecule has 1 aliphatic heterocycles. The molecule has 0 saturated carbocycles. The number of primary sulfonamides is 1. The maximum Gasteiger partial charge on any atom is 0.313 e. The molecule has 0 atom stereocenters. The smallest absolute Gasteiger partial charge is 0.313 e. The number of nitrogens with two attached hydrogens (primary N) is 1. The number of carbonyl (C=O) groups is 2. The third-order valence-electron chi connectivity index (χ3n) is 4.98. The summed E-state index contributed by atoms with van der Waals surface area (Å²) in [5.41, 5.74) is 2.43. The zero-order valence-electron chi connectivity index (χ0n) is 17.4. The number of aryl methyl sites for hydroxylation is 1. The van der Waals surface area contributed by atoms with E-state index in [1.54, 1.807) is 30.3 Å². The largest absolute Gasteiger partial charge is 0.347 e. The van der Waals surface area contributed by atoms with Gasteiger partial charge in [-0.2, -0.15) is 0 Å². The normalized spacial score (nSPS) is 13.9. The molecule has 2 aromatic carbocycles. The molecule has 0 aliphatic carbocycles. The van der Waals surface area contributed by atoms with Crippen LogP contribution < -0.4 is 20.1 Å². The van der Waals surface area contributed by atoms with Crippen LogP contribution in [0.1, 0.15) is 17.5 Å². The molecule has 10 nitrogen and oxygen atoms in total. The Balaban J connectivity index is 1.57. The Hall–Kier alpha value is -2.96. The van der Waals surface area contributed by atoms with Crippen molar-refractivity contribution < 1.29 is 26.4 Å². The van der Waals surface area contributed by atoms with Gasteiger partial charge in [-0.1, -0.05) is 18.2 Å². The van der Waals surface area contributed by atoms with Gasteiger partial charge in [0, 0.05) is 18.8 Å². The minimum atomic E-state index is -3.77. The van der Waals surface area contributed by atoms with E-state index in [-0.39, 0.29) is 11.4 Å². The van der Waals surface area contributed by atoms with E-state index in [2.05, 4.69) is 10.6 Å². The van der Waals surface area contributed by atoms with E-state index in [1.807, 2.05) is 0 Å². The molecule has 32 heavy (non-hydrogen) atoms. The standard InChI is InChI=1S/C20H24N4O6S2/c1-31(27,28)24-12-2-3-15-6-7-16(13-18(15)24)23-20(26)19(25)22-11-10-14-4-8-17(9-5-14)32(21,29)30/h4-9,13H,2-3,10-12H2,1H3,(H,22,25)(H,23,26)(H2,21,29,30). The molecule has 0 unspecified atom stereocenters. The summed E-state index contributed by atoms with van der Waals surface area (Å²) in [6.07, 6.45) is 2.95. The molecule has 0 saturated heterocycles. The molecule has 0 bridgehead atoms. The lowest BCUT2D eigenvalue weighted by Gasteiger charge is -2.29. The molecule has 0 radical (unpaired) electrons. The van der Waals surface area contributed by atoms with Crippen molar-refractivity contribution in [3.05, 3.63) is 53.6 Å². The highest BCUT2D eigenvalue weighted by Gasteiger charge is 2.24. The number of hydrogen-bond donors (Lipinski definition) is 3. The summed E-state index contributed by atoms with van der Waals surface area (Å²) in [5, 5.41) is 10.0. The van der Waals surface area contributed by atoms with Gasteiger partial charge in [0.2, 0.25) is 20.0 Å². The van der Waals surface area contributed by atoms with Crippen molar-refractivity contribution in [3.63, 3.8) is 0 Å². The SMILES string of the molecule is CS(=O)(=O)N1CCCc2ccc(NC(=O)C(=O)NCCc3ccc(S(N)(=O)=O)cc3)cc21. The van der Waals surface area contributed by atoms with E-state index >= 15 is 0 Å². The van der Waals surface area contributed by atoms with Crippen molar-refractivity contribution >= 4 is 43.2 Å². The molecule has 3 rings (SSSR count). The Labute approximate surface area is 186 Å². The molecule has 12 heteroatoms. The topological polar surface area (TPSA) is 156 Å². The van der Waals surface area contributed by atoms with Crippen LogP contribution in [-0.2, 0) is 42.5 Å². The first kappa shape index (κ1) is 23.7. The molecule has 1 heterocycles. The van der Waals surface area contributed by atoms with Crippen molar-refractivity contribution in [2.24, 2.45) is 5.14 Å². The second-order valence-electron chi connectivity index (χ2n) is 7.43. The number of hydrogen-bond acceptors (Lipinski definition) is 6. The summed E-state index contributed by atoms with van der Waals surface area (Å²) in [4.78, 5) is 24.3. The minimum Gasteiger partial charge on any atom is -0.347 e. The zero-order valence-corrected chi connectivity index (χ0v) is 19.0. The van der Waals surface area contributed by atoms with Gasteiger partial charge in [0.25, 0.3) is 0 Å². The van der Waals surface area contributed by atoms with Crippen LogP contribution in [0.4, 0.5) is 11.4 Å². The summed E-state index contributed by atoms with van der Waals surface area (Å²) in [7, 11) is -7.22. The fraction of sp³-hybridized carbons (Fsp3) is 0.300. The number of rotatable bonds is 6. The zero-order chi connectivity index (χ0) is 23.5. The Morgan fingerprint density at radius 3 is 2.34 bits per heavy atom. The molecule has 0 aromatic heterocycles. The lowest BCUT2D eigenvalue weighted by atomic mass is 10.0.